The molecule has 0 saturated carbocycles. The molecule has 6 rings (SSSR count). The molecule has 1 aliphatic rings. The number of esters is 1. The Kier molecular flexibility index (Phi) is 7.57. The van der Waals surface area contributed by atoms with Crippen LogP contribution in [-0.2, 0) is 4.74 Å². The quantitative estimate of drug-likeness (QED) is 0.153. The molecule has 8 nitrogen and oxygen atoms in total. The van der Waals surface area contributed by atoms with Crippen LogP contribution in [0.25, 0.3) is 11.3 Å². The van der Waals surface area contributed by atoms with Crippen LogP contribution in [0.1, 0.15) is 33.9 Å². The molecule has 0 unspecified atom stereocenters. The maximum atomic E-state index is 11.9. The second-order valence-corrected chi connectivity index (χ2v) is 9.93. The van der Waals surface area contributed by atoms with Gasteiger partial charge in [-0.25, -0.2) is 4.79 Å². The van der Waals surface area contributed by atoms with Crippen LogP contribution in [0.15, 0.2) is 114 Å². The lowest BCUT2D eigenvalue weighted by molar-refractivity contribution is 0.0600. The number of nitrogens with zero attached hydrogens (tertiary/aromatic N) is 2. The first kappa shape index (κ1) is 27.0. The van der Waals surface area contributed by atoms with Crippen molar-refractivity contribution >= 4 is 29.0 Å². The summed E-state index contributed by atoms with van der Waals surface area (Å²) in [5.41, 5.74) is 3.02. The van der Waals surface area contributed by atoms with Crippen LogP contribution in [0.3, 0.4) is 0 Å². The first-order valence-electron chi connectivity index (χ1n) is 13.2. The number of nitrogens with one attached hydrogen (secondary N) is 1. The molecule has 3 heterocycles. The van der Waals surface area contributed by atoms with Crippen molar-refractivity contribution in [1.29, 1.82) is 0 Å². The lowest BCUT2D eigenvalue weighted by Crippen LogP contribution is -2.29. The van der Waals surface area contributed by atoms with E-state index in [2.05, 4.69) is 10.3 Å². The number of furan rings is 1. The fourth-order valence-corrected chi connectivity index (χ4v) is 5.28. The van der Waals surface area contributed by atoms with E-state index >= 15 is 0 Å². The van der Waals surface area contributed by atoms with E-state index in [1.54, 1.807) is 25.4 Å². The highest BCUT2D eigenvalue weighted by Crippen LogP contribution is 2.43. The Bertz CT molecular complexity index is 1690. The van der Waals surface area contributed by atoms with Gasteiger partial charge in [-0.2, -0.15) is 0 Å². The average molecular weight is 578 g/mol. The number of carbonyl (C=O) groups excluding carboxylic acids is 1. The Morgan fingerprint density at radius 3 is 2.19 bits per heavy atom. The summed E-state index contributed by atoms with van der Waals surface area (Å²) < 4.78 is 22.5. The molecule has 210 valence electrons. The molecule has 0 radical (unpaired) electrons. The van der Waals surface area contributed by atoms with Gasteiger partial charge in [0.25, 0.3) is 0 Å². The minimum absolute atomic E-state index is 0.255. The number of thiocarbonyl (C=S) groups is 1. The van der Waals surface area contributed by atoms with E-state index in [1.807, 2.05) is 95.9 Å². The molecular weight excluding hydrogens is 550 g/mol. The van der Waals surface area contributed by atoms with Crippen molar-refractivity contribution in [3.8, 4) is 28.6 Å². The van der Waals surface area contributed by atoms with Gasteiger partial charge in [0.1, 0.15) is 34.8 Å². The highest BCUT2D eigenvalue weighted by molar-refractivity contribution is 7.80. The van der Waals surface area contributed by atoms with Crippen LogP contribution in [0.5, 0.6) is 17.2 Å². The number of benzene rings is 3. The minimum atomic E-state index is -0.388. The lowest BCUT2D eigenvalue weighted by atomic mass is 10.0. The lowest BCUT2D eigenvalue weighted by Gasteiger charge is -2.26. The van der Waals surface area contributed by atoms with Crippen molar-refractivity contribution in [2.45, 2.75) is 12.1 Å². The Morgan fingerprint density at radius 2 is 1.55 bits per heavy atom. The van der Waals surface area contributed by atoms with Gasteiger partial charge in [0, 0.05) is 17.4 Å². The van der Waals surface area contributed by atoms with Gasteiger partial charge in [0.05, 0.1) is 31.5 Å². The number of pyridine rings is 1. The summed E-state index contributed by atoms with van der Waals surface area (Å²) in [5, 5.41) is 4.00. The van der Waals surface area contributed by atoms with E-state index in [-0.39, 0.29) is 18.1 Å². The predicted octanol–water partition coefficient (Wildman–Crippen LogP) is 7.11. The first-order valence-corrected chi connectivity index (χ1v) is 13.7. The van der Waals surface area contributed by atoms with Gasteiger partial charge >= 0.3 is 5.97 Å². The molecule has 42 heavy (non-hydrogen) atoms. The van der Waals surface area contributed by atoms with Crippen molar-refractivity contribution < 1.29 is 23.4 Å². The van der Waals surface area contributed by atoms with Gasteiger partial charge in [-0.3, -0.25) is 4.98 Å². The van der Waals surface area contributed by atoms with Gasteiger partial charge in [-0.1, -0.05) is 18.2 Å². The molecular formula is C33H27N3O5S. The largest absolute Gasteiger partial charge is 0.497 e. The van der Waals surface area contributed by atoms with E-state index in [4.69, 9.17) is 30.8 Å². The Balaban J connectivity index is 1.31. The molecule has 0 amide bonds. The normalized spacial score (nSPS) is 16.1. The smallest absolute Gasteiger partial charge is 0.337 e. The zero-order chi connectivity index (χ0) is 29.1. The molecule has 1 fully saturated rings. The maximum Gasteiger partial charge on any atom is 0.337 e. The molecule has 2 aromatic heterocycles. The van der Waals surface area contributed by atoms with E-state index in [9.17, 15) is 4.79 Å². The van der Waals surface area contributed by atoms with Crippen LogP contribution >= 0.6 is 12.2 Å². The number of rotatable bonds is 8. The van der Waals surface area contributed by atoms with Crippen molar-refractivity contribution in [2.24, 2.45) is 0 Å². The highest BCUT2D eigenvalue weighted by Gasteiger charge is 2.42. The molecule has 0 bridgehead atoms. The molecule has 0 aliphatic carbocycles. The summed E-state index contributed by atoms with van der Waals surface area (Å²) in [4.78, 5) is 18.5. The van der Waals surface area contributed by atoms with Gasteiger partial charge < -0.3 is 28.8 Å². The fourth-order valence-electron chi connectivity index (χ4n) is 4.93. The van der Waals surface area contributed by atoms with Crippen molar-refractivity contribution in [1.82, 2.24) is 10.3 Å². The van der Waals surface area contributed by atoms with Crippen molar-refractivity contribution in [3.05, 3.63) is 126 Å². The van der Waals surface area contributed by atoms with E-state index in [0.29, 0.717) is 33.7 Å². The molecule has 1 aliphatic heterocycles. The summed E-state index contributed by atoms with van der Waals surface area (Å²) in [6, 6.07) is 31.4. The van der Waals surface area contributed by atoms with E-state index in [1.165, 1.54) is 7.11 Å². The number of carbonyl (C=O) groups is 1. The van der Waals surface area contributed by atoms with Crippen LogP contribution in [0, 0.1) is 0 Å². The monoisotopic (exact) mass is 577 g/mol. The molecule has 5 aromatic rings. The van der Waals surface area contributed by atoms with Crippen LogP contribution < -0.4 is 19.7 Å². The number of hydrogen-bond donors (Lipinski definition) is 1. The third-order valence-electron chi connectivity index (χ3n) is 7.02. The minimum Gasteiger partial charge on any atom is -0.497 e. The summed E-state index contributed by atoms with van der Waals surface area (Å²) in [5.74, 6) is 3.15. The van der Waals surface area contributed by atoms with Crippen LogP contribution in [0.4, 0.5) is 5.69 Å². The number of aromatic nitrogens is 1. The molecule has 3 aromatic carbocycles. The van der Waals surface area contributed by atoms with Crippen LogP contribution in [0.2, 0.25) is 0 Å². The van der Waals surface area contributed by atoms with E-state index < -0.39 is 0 Å². The zero-order valence-corrected chi connectivity index (χ0v) is 23.7. The summed E-state index contributed by atoms with van der Waals surface area (Å²) in [7, 11) is 2.99. The van der Waals surface area contributed by atoms with Crippen molar-refractivity contribution in [2.75, 3.05) is 19.1 Å². The van der Waals surface area contributed by atoms with Crippen LogP contribution in [-0.4, -0.2) is 30.3 Å². The first-order chi connectivity index (χ1) is 20.5. The number of anilines is 1. The zero-order valence-electron chi connectivity index (χ0n) is 22.9. The second kappa shape index (κ2) is 11.8. The van der Waals surface area contributed by atoms with Gasteiger partial charge in [0.2, 0.25) is 0 Å². The second-order valence-electron chi connectivity index (χ2n) is 9.54. The van der Waals surface area contributed by atoms with Crippen molar-refractivity contribution in [3.63, 3.8) is 0 Å². The number of hydrogen-bond acceptors (Lipinski definition) is 7. The third kappa shape index (κ3) is 5.42. The Morgan fingerprint density at radius 1 is 0.857 bits per heavy atom. The maximum absolute atomic E-state index is 11.9. The SMILES string of the molecule is COC(=O)c1ccc(-c2ccc([C@@H]3[C@H](c4ccccn4)NC(=S)N3c3ccc(Oc4ccc(OC)cc4)cc3)o2)cc1. The Labute approximate surface area is 248 Å². The van der Waals surface area contributed by atoms with Gasteiger partial charge in [0.15, 0.2) is 5.11 Å². The molecule has 9 heteroatoms. The standard InChI is InChI=1S/C33H27N3O5S/c1-38-24-14-16-26(17-15-24)40-25-12-10-23(11-13-25)36-31(30(35-33(36)42)27-5-3-4-20-34-27)29-19-18-28(41-29)21-6-8-22(9-7-21)32(37)39-2/h3-20,30-31H,1-2H3,(H,35,42)/t30-,31+/m0/s1. The number of methoxy groups -OCH3 is 2. The van der Waals surface area contributed by atoms with Gasteiger partial charge in [-0.05, 0) is 97.1 Å². The molecule has 1 saturated heterocycles. The average Bonchev–Trinajstić information content (AvgIpc) is 3.67. The third-order valence-corrected chi connectivity index (χ3v) is 7.33. The van der Waals surface area contributed by atoms with Gasteiger partial charge in [-0.15, -0.1) is 0 Å². The predicted molar refractivity (Wildman–Crippen MR) is 163 cm³/mol. The summed E-state index contributed by atoms with van der Waals surface area (Å²) in [6.45, 7) is 0. The van der Waals surface area contributed by atoms with E-state index in [0.717, 1.165) is 22.7 Å². The molecule has 0 spiro atoms. The molecule has 1 N–H and O–H groups in total. The highest BCUT2D eigenvalue weighted by atomic mass is 32.1. The Hall–Kier alpha value is -5.15. The number of ether oxygens (including phenoxy) is 3. The molecule has 2 atom stereocenters. The fraction of sp³-hybridized carbons (Fsp3) is 0.121. The topological polar surface area (TPSA) is 86.1 Å². The summed E-state index contributed by atoms with van der Waals surface area (Å²) in [6.07, 6.45) is 1.77. The summed E-state index contributed by atoms with van der Waals surface area (Å²) >= 11 is 5.85.